The van der Waals surface area contributed by atoms with Crippen LogP contribution in [0.2, 0.25) is 0 Å². The van der Waals surface area contributed by atoms with Crippen molar-refractivity contribution in [2.45, 2.75) is 33.5 Å². The van der Waals surface area contributed by atoms with E-state index >= 15 is 0 Å². The van der Waals surface area contributed by atoms with Crippen molar-refractivity contribution < 1.29 is 9.59 Å². The maximum Gasteiger partial charge on any atom is 0.221 e. The van der Waals surface area contributed by atoms with Crippen LogP contribution in [0.1, 0.15) is 30.5 Å². The summed E-state index contributed by atoms with van der Waals surface area (Å²) in [5.41, 5.74) is 9.38. The minimum atomic E-state index is -0.132. The molecular formula is C19H23N3O2. The average Bonchev–Trinajstić information content (AvgIpc) is 2.55. The van der Waals surface area contributed by atoms with Crippen LogP contribution in [0.3, 0.4) is 0 Å². The molecule has 3 N–H and O–H groups in total. The fourth-order valence-corrected chi connectivity index (χ4v) is 2.53. The summed E-state index contributed by atoms with van der Waals surface area (Å²) in [4.78, 5) is 25.1. The van der Waals surface area contributed by atoms with E-state index in [1.54, 1.807) is 11.8 Å². The molecule has 0 atom stereocenters. The summed E-state index contributed by atoms with van der Waals surface area (Å²) in [6.45, 7) is 4.42. The molecule has 0 spiro atoms. The molecule has 2 rings (SSSR count). The fraction of sp³-hybridized carbons (Fsp3) is 0.263. The van der Waals surface area contributed by atoms with Gasteiger partial charge in [0, 0.05) is 39.2 Å². The van der Waals surface area contributed by atoms with Gasteiger partial charge >= 0.3 is 0 Å². The fourth-order valence-electron chi connectivity index (χ4n) is 2.53. The lowest BCUT2D eigenvalue weighted by Crippen LogP contribution is -2.28. The molecule has 0 aliphatic carbocycles. The molecule has 2 aromatic rings. The number of amides is 2. The van der Waals surface area contributed by atoms with E-state index in [-0.39, 0.29) is 11.8 Å². The van der Waals surface area contributed by atoms with Crippen LogP contribution >= 0.6 is 0 Å². The largest absolute Gasteiger partial charge is 0.334 e. The molecule has 2 aromatic carbocycles. The van der Waals surface area contributed by atoms with Gasteiger partial charge in [-0.15, -0.1) is 0 Å². The Morgan fingerprint density at radius 2 is 1.71 bits per heavy atom. The highest BCUT2D eigenvalue weighted by Crippen LogP contribution is 2.19. The quantitative estimate of drug-likeness (QED) is 0.857. The lowest BCUT2D eigenvalue weighted by molar-refractivity contribution is -0.130. The number of carbonyl (C=O) groups excluding carboxylic acids is 2. The van der Waals surface area contributed by atoms with E-state index in [4.69, 9.17) is 5.73 Å². The molecule has 126 valence electrons. The van der Waals surface area contributed by atoms with Crippen LogP contribution in [0, 0.1) is 0 Å². The van der Waals surface area contributed by atoms with E-state index in [9.17, 15) is 9.59 Å². The van der Waals surface area contributed by atoms with Crippen molar-refractivity contribution in [2.75, 3.05) is 5.32 Å². The van der Waals surface area contributed by atoms with E-state index in [0.717, 1.165) is 22.4 Å². The van der Waals surface area contributed by atoms with Crippen molar-refractivity contribution in [3.05, 3.63) is 65.2 Å². The van der Waals surface area contributed by atoms with Crippen molar-refractivity contribution in [3.8, 4) is 0 Å². The van der Waals surface area contributed by atoms with Gasteiger partial charge in [0.1, 0.15) is 0 Å². The normalized spacial score (nSPS) is 10.3. The van der Waals surface area contributed by atoms with E-state index in [0.29, 0.717) is 19.6 Å². The Hall–Kier alpha value is -2.66. The lowest BCUT2D eigenvalue weighted by Gasteiger charge is -2.23. The number of hydrogen-bond acceptors (Lipinski definition) is 3. The summed E-state index contributed by atoms with van der Waals surface area (Å²) in [6, 6.07) is 15.4. The van der Waals surface area contributed by atoms with Crippen molar-refractivity contribution >= 4 is 17.5 Å². The van der Waals surface area contributed by atoms with Gasteiger partial charge in [-0.1, -0.05) is 42.5 Å². The molecule has 0 aliphatic heterocycles. The molecule has 2 amide bonds. The molecule has 0 unspecified atom stereocenters. The number of para-hydroxylation sites is 1. The molecule has 0 saturated carbocycles. The van der Waals surface area contributed by atoms with Crippen LogP contribution in [0.15, 0.2) is 48.5 Å². The monoisotopic (exact) mass is 325 g/mol. The van der Waals surface area contributed by atoms with E-state index in [2.05, 4.69) is 5.32 Å². The van der Waals surface area contributed by atoms with E-state index < -0.39 is 0 Å². The second-order valence-electron chi connectivity index (χ2n) is 5.74. The molecule has 0 saturated heterocycles. The standard InChI is InChI=1S/C19H23N3O2/c1-14(23)21-19-9-4-3-8-18(19)13-22(15(2)24)12-17-7-5-6-16(10-17)11-20/h3-10H,11-13,20H2,1-2H3,(H,21,23). The SMILES string of the molecule is CC(=O)Nc1ccccc1CN(Cc1cccc(CN)c1)C(C)=O. The molecule has 5 nitrogen and oxygen atoms in total. The summed E-state index contributed by atoms with van der Waals surface area (Å²) in [5, 5.41) is 2.81. The third-order valence-corrected chi connectivity index (χ3v) is 3.74. The Bertz CT molecular complexity index is 728. The van der Waals surface area contributed by atoms with Crippen LogP contribution in [0.4, 0.5) is 5.69 Å². The first-order valence-electron chi connectivity index (χ1n) is 7.88. The van der Waals surface area contributed by atoms with Crippen molar-refractivity contribution in [2.24, 2.45) is 5.73 Å². The minimum Gasteiger partial charge on any atom is -0.334 e. The van der Waals surface area contributed by atoms with Gasteiger partial charge in [0.25, 0.3) is 0 Å². The summed E-state index contributed by atoms with van der Waals surface area (Å²) in [7, 11) is 0. The Morgan fingerprint density at radius 3 is 2.38 bits per heavy atom. The lowest BCUT2D eigenvalue weighted by atomic mass is 10.1. The minimum absolute atomic E-state index is 0.0224. The Morgan fingerprint density at radius 1 is 1.00 bits per heavy atom. The van der Waals surface area contributed by atoms with E-state index in [1.165, 1.54) is 6.92 Å². The summed E-state index contributed by atoms with van der Waals surface area (Å²) < 4.78 is 0. The summed E-state index contributed by atoms with van der Waals surface area (Å²) in [6.07, 6.45) is 0. The number of anilines is 1. The van der Waals surface area contributed by atoms with Gasteiger partial charge < -0.3 is 16.0 Å². The van der Waals surface area contributed by atoms with Crippen LogP contribution in [0.25, 0.3) is 0 Å². The van der Waals surface area contributed by atoms with Gasteiger partial charge in [-0.05, 0) is 22.8 Å². The van der Waals surface area contributed by atoms with Crippen molar-refractivity contribution in [3.63, 3.8) is 0 Å². The number of nitrogens with zero attached hydrogens (tertiary/aromatic N) is 1. The Balaban J connectivity index is 2.20. The van der Waals surface area contributed by atoms with Gasteiger partial charge in [-0.2, -0.15) is 0 Å². The van der Waals surface area contributed by atoms with Gasteiger partial charge in [0.05, 0.1) is 0 Å². The molecule has 0 heterocycles. The van der Waals surface area contributed by atoms with Gasteiger partial charge in [0.2, 0.25) is 11.8 Å². The number of rotatable bonds is 6. The summed E-state index contributed by atoms with van der Waals surface area (Å²) in [5.74, 6) is -0.154. The highest BCUT2D eigenvalue weighted by molar-refractivity contribution is 5.89. The molecular weight excluding hydrogens is 302 g/mol. The molecule has 0 aromatic heterocycles. The van der Waals surface area contributed by atoms with Crippen LogP contribution in [-0.2, 0) is 29.2 Å². The predicted molar refractivity (Wildman–Crippen MR) is 95.0 cm³/mol. The van der Waals surface area contributed by atoms with E-state index in [1.807, 2.05) is 48.5 Å². The third-order valence-electron chi connectivity index (χ3n) is 3.74. The predicted octanol–water partition coefficient (Wildman–Crippen LogP) is 2.65. The highest BCUT2D eigenvalue weighted by Gasteiger charge is 2.13. The smallest absolute Gasteiger partial charge is 0.221 e. The van der Waals surface area contributed by atoms with Crippen molar-refractivity contribution in [1.29, 1.82) is 0 Å². The number of nitrogens with two attached hydrogens (primary N) is 1. The zero-order valence-corrected chi connectivity index (χ0v) is 14.1. The molecule has 0 radical (unpaired) electrons. The van der Waals surface area contributed by atoms with Crippen molar-refractivity contribution in [1.82, 2.24) is 4.90 Å². The molecule has 0 bridgehead atoms. The number of hydrogen-bond donors (Lipinski definition) is 2. The molecule has 0 fully saturated rings. The number of nitrogens with one attached hydrogen (secondary N) is 1. The first-order chi connectivity index (χ1) is 11.5. The zero-order valence-electron chi connectivity index (χ0n) is 14.1. The Kier molecular flexibility index (Phi) is 6.09. The van der Waals surface area contributed by atoms with Gasteiger partial charge in [-0.3, -0.25) is 9.59 Å². The van der Waals surface area contributed by atoms with Gasteiger partial charge in [-0.25, -0.2) is 0 Å². The zero-order chi connectivity index (χ0) is 17.5. The van der Waals surface area contributed by atoms with Crippen LogP contribution in [0.5, 0.6) is 0 Å². The Labute approximate surface area is 142 Å². The van der Waals surface area contributed by atoms with Gasteiger partial charge in [0.15, 0.2) is 0 Å². The molecule has 24 heavy (non-hydrogen) atoms. The molecule has 0 aliphatic rings. The number of benzene rings is 2. The maximum absolute atomic E-state index is 12.1. The van der Waals surface area contributed by atoms with Crippen LogP contribution in [-0.4, -0.2) is 16.7 Å². The third kappa shape index (κ3) is 4.93. The second kappa shape index (κ2) is 8.26. The topological polar surface area (TPSA) is 75.4 Å². The highest BCUT2D eigenvalue weighted by atomic mass is 16.2. The first-order valence-corrected chi connectivity index (χ1v) is 7.88. The maximum atomic E-state index is 12.1. The molecule has 5 heteroatoms. The average molecular weight is 325 g/mol. The first kappa shape index (κ1) is 17.7. The van der Waals surface area contributed by atoms with Crippen LogP contribution < -0.4 is 11.1 Å². The summed E-state index contributed by atoms with van der Waals surface area (Å²) >= 11 is 0. The second-order valence-corrected chi connectivity index (χ2v) is 5.74. The number of carbonyl (C=O) groups is 2.